The SMILES string of the molecule is C[C@H](CCc1ccccc1)n1c(O)c([C@@H]2NCCc3c2[nH]c2ccccc32)c(=O)[nH]c1=O. The molecule has 2 aromatic carbocycles. The third-order valence-corrected chi connectivity index (χ3v) is 6.43. The third-order valence-electron chi connectivity index (χ3n) is 6.43. The van der Waals surface area contributed by atoms with Gasteiger partial charge in [-0.05, 0) is 43.4 Å². The number of aromatic amines is 2. The predicted molar refractivity (Wildman–Crippen MR) is 124 cm³/mol. The summed E-state index contributed by atoms with van der Waals surface area (Å²) >= 11 is 0. The fraction of sp³-hybridized carbons (Fsp3) is 0.280. The molecular weight excluding hydrogens is 404 g/mol. The Balaban J connectivity index is 1.55. The van der Waals surface area contributed by atoms with Crippen molar-refractivity contribution in [2.24, 2.45) is 0 Å². The van der Waals surface area contributed by atoms with Crippen molar-refractivity contribution in [1.82, 2.24) is 19.9 Å². The molecule has 1 aliphatic rings. The molecule has 7 heteroatoms. The molecule has 164 valence electrons. The Bertz CT molecular complexity index is 1380. The molecule has 7 nitrogen and oxygen atoms in total. The van der Waals surface area contributed by atoms with Crippen LogP contribution in [0.15, 0.2) is 64.2 Å². The van der Waals surface area contributed by atoms with Gasteiger partial charge >= 0.3 is 5.69 Å². The number of nitrogens with one attached hydrogen (secondary N) is 3. The lowest BCUT2D eigenvalue weighted by molar-refractivity contribution is 0.349. The van der Waals surface area contributed by atoms with Crippen LogP contribution in [0.25, 0.3) is 10.9 Å². The van der Waals surface area contributed by atoms with Crippen LogP contribution in [0.4, 0.5) is 0 Å². The molecule has 0 spiro atoms. The zero-order valence-electron chi connectivity index (χ0n) is 17.9. The summed E-state index contributed by atoms with van der Waals surface area (Å²) in [7, 11) is 0. The Morgan fingerprint density at radius 2 is 1.81 bits per heavy atom. The Kier molecular flexibility index (Phi) is 5.19. The van der Waals surface area contributed by atoms with Crippen molar-refractivity contribution in [1.29, 1.82) is 0 Å². The lowest BCUT2D eigenvalue weighted by Gasteiger charge is -2.26. The van der Waals surface area contributed by atoms with Gasteiger partial charge in [0.1, 0.15) is 5.56 Å². The summed E-state index contributed by atoms with van der Waals surface area (Å²) in [5, 5.41) is 15.6. The quantitative estimate of drug-likeness (QED) is 0.391. The molecule has 32 heavy (non-hydrogen) atoms. The van der Waals surface area contributed by atoms with Crippen molar-refractivity contribution in [3.8, 4) is 5.88 Å². The number of H-pyrrole nitrogens is 2. The molecule has 0 amide bonds. The monoisotopic (exact) mass is 430 g/mol. The number of aromatic nitrogens is 3. The van der Waals surface area contributed by atoms with E-state index < -0.39 is 17.3 Å². The van der Waals surface area contributed by atoms with Gasteiger partial charge in [0.2, 0.25) is 5.88 Å². The fourth-order valence-corrected chi connectivity index (χ4v) is 4.80. The lowest BCUT2D eigenvalue weighted by atomic mass is 9.95. The molecule has 2 atom stereocenters. The highest BCUT2D eigenvalue weighted by Gasteiger charge is 2.31. The number of fused-ring (bicyclic) bond motifs is 3. The van der Waals surface area contributed by atoms with Crippen LogP contribution in [-0.4, -0.2) is 26.2 Å². The van der Waals surface area contributed by atoms with Crippen molar-refractivity contribution in [2.75, 3.05) is 6.54 Å². The van der Waals surface area contributed by atoms with Crippen LogP contribution in [0.1, 0.15) is 47.8 Å². The van der Waals surface area contributed by atoms with E-state index in [9.17, 15) is 14.7 Å². The molecular formula is C25H26N4O3. The van der Waals surface area contributed by atoms with E-state index >= 15 is 0 Å². The first-order chi connectivity index (χ1) is 15.5. The number of hydrogen-bond acceptors (Lipinski definition) is 4. The van der Waals surface area contributed by atoms with Crippen LogP contribution in [0.3, 0.4) is 0 Å². The Hall–Kier alpha value is -3.58. The van der Waals surface area contributed by atoms with Gasteiger partial charge in [0, 0.05) is 29.2 Å². The number of rotatable bonds is 5. The molecule has 2 aromatic heterocycles. The van der Waals surface area contributed by atoms with Crippen molar-refractivity contribution in [3.63, 3.8) is 0 Å². The zero-order valence-corrected chi connectivity index (χ0v) is 17.9. The van der Waals surface area contributed by atoms with Crippen LogP contribution in [0.2, 0.25) is 0 Å². The molecule has 0 fully saturated rings. The largest absolute Gasteiger partial charge is 0.494 e. The zero-order chi connectivity index (χ0) is 22.2. The summed E-state index contributed by atoms with van der Waals surface area (Å²) in [6, 6.07) is 17.2. The second-order valence-corrected chi connectivity index (χ2v) is 8.44. The topological polar surface area (TPSA) is 103 Å². The van der Waals surface area contributed by atoms with E-state index in [-0.39, 0.29) is 17.5 Å². The average Bonchev–Trinajstić information content (AvgIpc) is 3.18. The third kappa shape index (κ3) is 3.44. The van der Waals surface area contributed by atoms with Crippen LogP contribution < -0.4 is 16.6 Å². The van der Waals surface area contributed by atoms with Gasteiger partial charge in [0.05, 0.1) is 6.04 Å². The van der Waals surface area contributed by atoms with Crippen LogP contribution in [0, 0.1) is 0 Å². The molecule has 1 aliphatic heterocycles. The Labute approximate surface area is 184 Å². The number of aromatic hydroxyl groups is 1. The number of aryl methyl sites for hydroxylation is 1. The van der Waals surface area contributed by atoms with Crippen LogP contribution >= 0.6 is 0 Å². The summed E-state index contributed by atoms with van der Waals surface area (Å²) in [6.45, 7) is 2.55. The maximum atomic E-state index is 12.9. The summed E-state index contributed by atoms with van der Waals surface area (Å²) in [4.78, 5) is 31.4. The molecule has 3 heterocycles. The normalized spacial score (nSPS) is 16.7. The van der Waals surface area contributed by atoms with Crippen LogP contribution in [0.5, 0.6) is 5.88 Å². The van der Waals surface area contributed by atoms with E-state index in [1.165, 1.54) is 4.57 Å². The second kappa shape index (κ2) is 8.16. The molecule has 4 aromatic rings. The highest BCUT2D eigenvalue weighted by atomic mass is 16.3. The first-order valence-electron chi connectivity index (χ1n) is 11.0. The number of hydrogen-bond donors (Lipinski definition) is 4. The second-order valence-electron chi connectivity index (χ2n) is 8.44. The van der Waals surface area contributed by atoms with Gasteiger partial charge in [-0.15, -0.1) is 0 Å². The van der Waals surface area contributed by atoms with Crippen molar-refractivity contribution in [3.05, 3.63) is 97.8 Å². The number of para-hydroxylation sites is 1. The van der Waals surface area contributed by atoms with Gasteiger partial charge in [0.25, 0.3) is 5.56 Å². The molecule has 4 N–H and O–H groups in total. The van der Waals surface area contributed by atoms with Crippen molar-refractivity contribution >= 4 is 10.9 Å². The maximum Gasteiger partial charge on any atom is 0.331 e. The van der Waals surface area contributed by atoms with E-state index in [4.69, 9.17) is 0 Å². The fourth-order valence-electron chi connectivity index (χ4n) is 4.80. The minimum Gasteiger partial charge on any atom is -0.494 e. The van der Waals surface area contributed by atoms with E-state index in [0.717, 1.165) is 40.6 Å². The molecule has 0 unspecified atom stereocenters. The van der Waals surface area contributed by atoms with E-state index in [1.54, 1.807) is 0 Å². The van der Waals surface area contributed by atoms with Gasteiger partial charge in [-0.3, -0.25) is 14.3 Å². The molecule has 5 rings (SSSR count). The summed E-state index contributed by atoms with van der Waals surface area (Å²) in [6.07, 6.45) is 2.23. The number of nitrogens with zero attached hydrogens (tertiary/aromatic N) is 1. The maximum absolute atomic E-state index is 12.9. The van der Waals surface area contributed by atoms with E-state index in [0.29, 0.717) is 13.0 Å². The highest BCUT2D eigenvalue weighted by molar-refractivity contribution is 5.85. The molecule has 0 bridgehead atoms. The smallest absolute Gasteiger partial charge is 0.331 e. The van der Waals surface area contributed by atoms with E-state index in [2.05, 4.69) is 21.4 Å². The molecule has 0 radical (unpaired) electrons. The van der Waals surface area contributed by atoms with Gasteiger partial charge in [-0.2, -0.15) is 0 Å². The lowest BCUT2D eigenvalue weighted by Crippen LogP contribution is -2.39. The summed E-state index contributed by atoms with van der Waals surface area (Å²) in [5.74, 6) is -0.275. The predicted octanol–water partition coefficient (Wildman–Crippen LogP) is 3.15. The van der Waals surface area contributed by atoms with Crippen molar-refractivity contribution in [2.45, 2.75) is 38.3 Å². The van der Waals surface area contributed by atoms with Crippen molar-refractivity contribution < 1.29 is 5.11 Å². The van der Waals surface area contributed by atoms with Crippen LogP contribution in [-0.2, 0) is 12.8 Å². The van der Waals surface area contributed by atoms with E-state index in [1.807, 2.05) is 55.5 Å². The number of benzene rings is 2. The molecule has 0 saturated carbocycles. The summed E-state index contributed by atoms with van der Waals surface area (Å²) in [5.41, 5.74) is 3.16. The standard InChI is InChI=1S/C25H26N4O3/c1-15(11-12-16-7-3-2-4-8-16)29-24(31)20(23(30)28-25(29)32)22-21-18(13-14-26-22)17-9-5-6-10-19(17)27-21/h2-10,15,22,26-27,31H,11-14H2,1H3,(H,28,30,32)/t15-,22+/m1/s1. The Morgan fingerprint density at radius 3 is 2.62 bits per heavy atom. The van der Waals surface area contributed by atoms with Gasteiger partial charge < -0.3 is 15.4 Å². The van der Waals surface area contributed by atoms with Gasteiger partial charge in [-0.1, -0.05) is 48.5 Å². The van der Waals surface area contributed by atoms with Gasteiger partial charge in [0.15, 0.2) is 0 Å². The summed E-state index contributed by atoms with van der Waals surface area (Å²) < 4.78 is 1.30. The molecule has 0 aliphatic carbocycles. The first-order valence-corrected chi connectivity index (χ1v) is 11.0. The molecule has 0 saturated heterocycles. The Morgan fingerprint density at radius 1 is 1.06 bits per heavy atom. The average molecular weight is 431 g/mol. The minimum atomic E-state index is -0.593. The van der Waals surface area contributed by atoms with Gasteiger partial charge in [-0.25, -0.2) is 4.79 Å². The first kappa shape index (κ1) is 20.3. The minimum absolute atomic E-state index is 0.170. The highest BCUT2D eigenvalue weighted by Crippen LogP contribution is 2.35.